The Morgan fingerprint density at radius 3 is 2.88 bits per heavy atom. The predicted octanol–water partition coefficient (Wildman–Crippen LogP) is 3.59. The van der Waals surface area contributed by atoms with E-state index < -0.39 is 0 Å². The second-order valence-electron chi connectivity index (χ2n) is 3.74. The highest BCUT2D eigenvalue weighted by atomic mass is 79.9. The second-order valence-corrected chi connectivity index (χ2v) is 4.66. The van der Waals surface area contributed by atoms with Gasteiger partial charge in [-0.2, -0.15) is 0 Å². The summed E-state index contributed by atoms with van der Waals surface area (Å²) in [4.78, 5) is 14.8. The van der Waals surface area contributed by atoms with E-state index in [2.05, 4.69) is 33.2 Å². The van der Waals surface area contributed by atoms with Crippen molar-refractivity contribution in [2.75, 3.05) is 5.32 Å². The number of benzene rings is 1. The number of aryl methyl sites for hydroxylation is 1. The molecule has 17 heavy (non-hydrogen) atoms. The summed E-state index contributed by atoms with van der Waals surface area (Å²) in [5.74, 6) is -0.135. The van der Waals surface area contributed by atoms with E-state index in [1.807, 2.05) is 24.3 Å². The lowest BCUT2D eigenvalue weighted by atomic mass is 10.1. The highest BCUT2D eigenvalue weighted by molar-refractivity contribution is 9.10. The Labute approximate surface area is 108 Å². The highest BCUT2D eigenvalue weighted by Gasteiger charge is 2.07. The number of carbonyl (C=O) groups is 1. The van der Waals surface area contributed by atoms with Crippen LogP contribution in [0.5, 0.6) is 0 Å². The summed E-state index contributed by atoms with van der Waals surface area (Å²) in [6.07, 6.45) is 2.69. The molecule has 0 bridgehead atoms. The minimum absolute atomic E-state index is 0.135. The fourth-order valence-electron chi connectivity index (χ4n) is 1.57. The van der Waals surface area contributed by atoms with Crippen molar-refractivity contribution in [2.24, 2.45) is 0 Å². The second kappa shape index (κ2) is 5.19. The maximum Gasteiger partial charge on any atom is 0.272 e. The molecule has 0 spiro atoms. The number of nitrogens with one attached hydrogen (secondary N) is 2. The van der Waals surface area contributed by atoms with E-state index in [1.54, 1.807) is 12.3 Å². The lowest BCUT2D eigenvalue weighted by Gasteiger charge is -2.05. The minimum atomic E-state index is -0.135. The fourth-order valence-corrected chi connectivity index (χ4v) is 1.91. The van der Waals surface area contributed by atoms with Gasteiger partial charge in [-0.1, -0.05) is 19.1 Å². The largest absolute Gasteiger partial charge is 0.356 e. The minimum Gasteiger partial charge on any atom is -0.356 e. The van der Waals surface area contributed by atoms with E-state index >= 15 is 0 Å². The fraction of sp³-hybridized carbons (Fsp3) is 0.154. The van der Waals surface area contributed by atoms with Gasteiger partial charge in [-0.3, -0.25) is 4.79 Å². The molecule has 0 atom stereocenters. The van der Waals surface area contributed by atoms with Crippen LogP contribution in [0.4, 0.5) is 5.69 Å². The average Bonchev–Trinajstić information content (AvgIpc) is 2.76. The number of halogens is 1. The van der Waals surface area contributed by atoms with Gasteiger partial charge in [0.05, 0.1) is 0 Å². The van der Waals surface area contributed by atoms with Gasteiger partial charge in [0.25, 0.3) is 5.91 Å². The topological polar surface area (TPSA) is 44.9 Å². The summed E-state index contributed by atoms with van der Waals surface area (Å²) in [5.41, 5.74) is 2.56. The van der Waals surface area contributed by atoms with Crippen LogP contribution in [-0.4, -0.2) is 10.9 Å². The molecule has 0 aliphatic heterocycles. The lowest BCUT2D eigenvalue weighted by Crippen LogP contribution is -2.12. The van der Waals surface area contributed by atoms with Crippen molar-refractivity contribution >= 4 is 27.5 Å². The van der Waals surface area contributed by atoms with E-state index in [-0.39, 0.29) is 5.91 Å². The van der Waals surface area contributed by atoms with Gasteiger partial charge in [-0.05, 0) is 46.1 Å². The first kappa shape index (κ1) is 11.9. The first-order chi connectivity index (χ1) is 8.19. The molecule has 1 aromatic heterocycles. The monoisotopic (exact) mass is 292 g/mol. The van der Waals surface area contributed by atoms with Crippen molar-refractivity contribution in [1.29, 1.82) is 0 Å². The Kier molecular flexibility index (Phi) is 3.64. The smallest absolute Gasteiger partial charge is 0.272 e. The Morgan fingerprint density at radius 1 is 1.41 bits per heavy atom. The van der Waals surface area contributed by atoms with E-state index in [9.17, 15) is 4.79 Å². The van der Waals surface area contributed by atoms with Gasteiger partial charge in [0.15, 0.2) is 0 Å². The Morgan fingerprint density at radius 2 is 2.24 bits per heavy atom. The zero-order valence-electron chi connectivity index (χ0n) is 9.46. The van der Waals surface area contributed by atoms with Crippen LogP contribution >= 0.6 is 15.9 Å². The number of anilines is 1. The highest BCUT2D eigenvalue weighted by Crippen LogP contribution is 2.14. The van der Waals surface area contributed by atoms with Crippen LogP contribution in [-0.2, 0) is 6.42 Å². The van der Waals surface area contributed by atoms with E-state index in [1.165, 1.54) is 5.56 Å². The van der Waals surface area contributed by atoms with Gasteiger partial charge in [-0.15, -0.1) is 0 Å². The number of H-pyrrole nitrogens is 1. The Balaban J connectivity index is 2.12. The maximum atomic E-state index is 11.9. The summed E-state index contributed by atoms with van der Waals surface area (Å²) in [6, 6.07) is 9.60. The molecule has 88 valence electrons. The third kappa shape index (κ3) is 2.97. The SMILES string of the molecule is CCc1cccc(NC(=O)c2cc(Br)c[nH]2)c1. The molecule has 0 aliphatic rings. The van der Waals surface area contributed by atoms with Gasteiger partial charge in [0.1, 0.15) is 5.69 Å². The molecule has 0 saturated heterocycles. The molecule has 0 unspecified atom stereocenters. The summed E-state index contributed by atoms with van der Waals surface area (Å²) in [6.45, 7) is 2.09. The van der Waals surface area contributed by atoms with Crippen molar-refractivity contribution in [3.63, 3.8) is 0 Å². The van der Waals surface area contributed by atoms with Crippen LogP contribution in [0.3, 0.4) is 0 Å². The number of aromatic nitrogens is 1. The molecule has 0 aliphatic carbocycles. The first-order valence-electron chi connectivity index (χ1n) is 5.43. The molecule has 4 heteroatoms. The van der Waals surface area contributed by atoms with Gasteiger partial charge < -0.3 is 10.3 Å². The van der Waals surface area contributed by atoms with Crippen LogP contribution in [0, 0.1) is 0 Å². The Bertz CT molecular complexity index is 534. The van der Waals surface area contributed by atoms with E-state index in [4.69, 9.17) is 0 Å². The van der Waals surface area contributed by atoms with Crippen LogP contribution < -0.4 is 5.32 Å². The Hall–Kier alpha value is -1.55. The lowest BCUT2D eigenvalue weighted by molar-refractivity contribution is 0.102. The summed E-state index contributed by atoms with van der Waals surface area (Å²) in [5, 5.41) is 2.86. The van der Waals surface area contributed by atoms with Crippen molar-refractivity contribution < 1.29 is 4.79 Å². The van der Waals surface area contributed by atoms with Gasteiger partial charge in [0, 0.05) is 16.4 Å². The summed E-state index contributed by atoms with van der Waals surface area (Å²) in [7, 11) is 0. The van der Waals surface area contributed by atoms with Crippen molar-refractivity contribution in [3.05, 3.63) is 52.3 Å². The van der Waals surface area contributed by atoms with Crippen LogP contribution in [0.25, 0.3) is 0 Å². The zero-order valence-corrected chi connectivity index (χ0v) is 11.0. The first-order valence-corrected chi connectivity index (χ1v) is 6.22. The normalized spacial score (nSPS) is 10.2. The average molecular weight is 293 g/mol. The molecular weight excluding hydrogens is 280 g/mol. The van der Waals surface area contributed by atoms with Crippen LogP contribution in [0.1, 0.15) is 23.0 Å². The van der Waals surface area contributed by atoms with Crippen LogP contribution in [0.2, 0.25) is 0 Å². The van der Waals surface area contributed by atoms with Crippen molar-refractivity contribution in [3.8, 4) is 0 Å². The quantitative estimate of drug-likeness (QED) is 0.892. The molecule has 3 nitrogen and oxygen atoms in total. The molecule has 1 aromatic carbocycles. The molecule has 0 radical (unpaired) electrons. The van der Waals surface area contributed by atoms with Gasteiger partial charge in [-0.25, -0.2) is 0 Å². The molecule has 2 rings (SSSR count). The summed E-state index contributed by atoms with van der Waals surface area (Å²) < 4.78 is 0.866. The number of amides is 1. The number of hydrogen-bond acceptors (Lipinski definition) is 1. The predicted molar refractivity (Wildman–Crippen MR) is 72.3 cm³/mol. The van der Waals surface area contributed by atoms with Crippen molar-refractivity contribution in [1.82, 2.24) is 4.98 Å². The van der Waals surface area contributed by atoms with Crippen LogP contribution in [0.15, 0.2) is 41.0 Å². The third-order valence-corrected chi connectivity index (χ3v) is 2.94. The molecular formula is C13H13BrN2O. The number of carbonyl (C=O) groups excluding carboxylic acids is 1. The summed E-state index contributed by atoms with van der Waals surface area (Å²) >= 11 is 3.30. The molecule has 2 N–H and O–H groups in total. The molecule has 1 amide bonds. The third-order valence-electron chi connectivity index (χ3n) is 2.49. The van der Waals surface area contributed by atoms with E-state index in [0.717, 1.165) is 16.6 Å². The van der Waals surface area contributed by atoms with E-state index in [0.29, 0.717) is 5.69 Å². The standard InChI is InChI=1S/C13H13BrN2O/c1-2-9-4-3-5-11(6-9)16-13(17)12-7-10(14)8-15-12/h3-8,15H,2H2,1H3,(H,16,17). The number of aromatic amines is 1. The maximum absolute atomic E-state index is 11.9. The molecule has 0 saturated carbocycles. The van der Waals surface area contributed by atoms with Gasteiger partial charge in [0.2, 0.25) is 0 Å². The molecule has 0 fully saturated rings. The number of hydrogen-bond donors (Lipinski definition) is 2. The molecule has 1 heterocycles. The molecule has 2 aromatic rings. The van der Waals surface area contributed by atoms with Crippen molar-refractivity contribution in [2.45, 2.75) is 13.3 Å². The van der Waals surface area contributed by atoms with Gasteiger partial charge >= 0.3 is 0 Å². The zero-order chi connectivity index (χ0) is 12.3. The number of rotatable bonds is 3.